The van der Waals surface area contributed by atoms with Gasteiger partial charge in [-0.3, -0.25) is 0 Å². The standard InChI is InChI=1S/C51H36N2S2/c1-51(2)43-18-8-10-20-45(43)53(46-21-11-9-19-44(46)51)37-31-40(50-42(32-37)39-17-7-13-23-48(39)55-50)33-24-26-35(27-25-33)52(34-14-4-3-5-15-34)36-28-29-49-41(30-36)38-16-6-12-22-47(38)54-49/h3-32H,1-2H3. The van der Waals surface area contributed by atoms with Crippen LogP contribution < -0.4 is 9.80 Å². The van der Waals surface area contributed by atoms with E-state index >= 15 is 0 Å². The summed E-state index contributed by atoms with van der Waals surface area (Å²) in [5, 5.41) is 5.19. The Balaban J connectivity index is 1.09. The van der Waals surface area contributed by atoms with Gasteiger partial charge in [0.05, 0.1) is 11.4 Å². The first-order chi connectivity index (χ1) is 27.0. The summed E-state index contributed by atoms with van der Waals surface area (Å²) < 4.78 is 5.24. The first-order valence-corrected chi connectivity index (χ1v) is 20.5. The molecule has 2 nitrogen and oxygen atoms in total. The molecule has 1 aliphatic rings. The van der Waals surface area contributed by atoms with Crippen LogP contribution in [0.2, 0.25) is 0 Å². The summed E-state index contributed by atoms with van der Waals surface area (Å²) in [5.74, 6) is 0. The highest BCUT2D eigenvalue weighted by Crippen LogP contribution is 2.53. The average molecular weight is 741 g/mol. The van der Waals surface area contributed by atoms with Gasteiger partial charge in [-0.15, -0.1) is 22.7 Å². The van der Waals surface area contributed by atoms with E-state index in [2.05, 4.69) is 206 Å². The van der Waals surface area contributed by atoms with E-state index in [0.29, 0.717) is 0 Å². The number of nitrogens with zero attached hydrogens (tertiary/aromatic N) is 2. The SMILES string of the molecule is CC1(C)c2ccccc2N(c2cc(-c3ccc(N(c4ccccc4)c4ccc5sc6ccccc6c5c4)cc3)c3sc4ccccc4c3c2)c2ccccc21. The highest BCUT2D eigenvalue weighted by molar-refractivity contribution is 7.26. The van der Waals surface area contributed by atoms with Crippen LogP contribution in [0.25, 0.3) is 51.5 Å². The van der Waals surface area contributed by atoms with Crippen molar-refractivity contribution >= 4 is 97.1 Å². The largest absolute Gasteiger partial charge is 0.310 e. The molecule has 0 bridgehead atoms. The van der Waals surface area contributed by atoms with Gasteiger partial charge in [-0.25, -0.2) is 0 Å². The summed E-state index contributed by atoms with van der Waals surface area (Å²) in [6, 6.07) is 67.1. The molecule has 0 amide bonds. The van der Waals surface area contributed by atoms with E-state index in [-0.39, 0.29) is 5.41 Å². The van der Waals surface area contributed by atoms with Gasteiger partial charge in [-0.1, -0.05) is 117 Å². The molecule has 0 unspecified atom stereocenters. The first kappa shape index (κ1) is 32.2. The Bertz CT molecular complexity index is 3030. The lowest BCUT2D eigenvalue weighted by atomic mass is 9.73. The van der Waals surface area contributed by atoms with Crippen LogP contribution in [0.3, 0.4) is 0 Å². The molecule has 0 saturated carbocycles. The fourth-order valence-electron chi connectivity index (χ4n) is 8.77. The fraction of sp³-hybridized carbons (Fsp3) is 0.0588. The Morgan fingerprint density at radius 1 is 0.436 bits per heavy atom. The third-order valence-corrected chi connectivity index (χ3v) is 13.8. The maximum atomic E-state index is 2.49. The Kier molecular flexibility index (Phi) is 7.28. The van der Waals surface area contributed by atoms with Gasteiger partial charge < -0.3 is 9.80 Å². The number of para-hydroxylation sites is 3. The van der Waals surface area contributed by atoms with Crippen LogP contribution in [-0.2, 0) is 5.41 Å². The first-order valence-electron chi connectivity index (χ1n) is 18.8. The van der Waals surface area contributed by atoms with Crippen LogP contribution in [0.5, 0.6) is 0 Å². The molecule has 10 aromatic rings. The monoisotopic (exact) mass is 740 g/mol. The molecule has 3 heterocycles. The topological polar surface area (TPSA) is 6.48 Å². The summed E-state index contributed by atoms with van der Waals surface area (Å²) in [6.07, 6.45) is 0. The number of rotatable bonds is 5. The van der Waals surface area contributed by atoms with Gasteiger partial charge in [0.15, 0.2) is 0 Å². The summed E-state index contributed by atoms with van der Waals surface area (Å²) in [4.78, 5) is 4.87. The Morgan fingerprint density at radius 3 is 1.69 bits per heavy atom. The molecule has 0 atom stereocenters. The van der Waals surface area contributed by atoms with Crippen LogP contribution in [0.1, 0.15) is 25.0 Å². The van der Waals surface area contributed by atoms with Gasteiger partial charge in [0, 0.05) is 74.1 Å². The predicted molar refractivity (Wildman–Crippen MR) is 239 cm³/mol. The highest BCUT2D eigenvalue weighted by atomic mass is 32.1. The van der Waals surface area contributed by atoms with E-state index in [1.54, 1.807) is 0 Å². The minimum Gasteiger partial charge on any atom is -0.310 e. The molecular formula is C51H36N2S2. The lowest BCUT2D eigenvalue weighted by Crippen LogP contribution is -2.30. The number of thiophene rings is 2. The molecular weight excluding hydrogens is 705 g/mol. The second-order valence-electron chi connectivity index (χ2n) is 15.0. The molecule has 55 heavy (non-hydrogen) atoms. The number of hydrogen-bond donors (Lipinski definition) is 0. The average Bonchev–Trinajstić information content (AvgIpc) is 3.80. The van der Waals surface area contributed by atoms with Crippen molar-refractivity contribution in [1.82, 2.24) is 0 Å². The summed E-state index contributed by atoms with van der Waals surface area (Å²) in [6.45, 7) is 4.70. The van der Waals surface area contributed by atoms with Gasteiger partial charge in [0.25, 0.3) is 0 Å². The molecule has 0 radical (unpaired) electrons. The Morgan fingerprint density at radius 2 is 0.982 bits per heavy atom. The van der Waals surface area contributed by atoms with Gasteiger partial charge >= 0.3 is 0 Å². The van der Waals surface area contributed by atoms with Gasteiger partial charge in [-0.05, 0) is 95.6 Å². The Labute approximate surface area is 328 Å². The van der Waals surface area contributed by atoms with Crippen LogP contribution >= 0.6 is 22.7 Å². The second-order valence-corrected chi connectivity index (χ2v) is 17.1. The van der Waals surface area contributed by atoms with E-state index in [1.165, 1.54) is 79.7 Å². The summed E-state index contributed by atoms with van der Waals surface area (Å²) in [7, 11) is 0. The molecule has 0 spiro atoms. The van der Waals surface area contributed by atoms with E-state index in [1.807, 2.05) is 22.7 Å². The third kappa shape index (κ3) is 5.06. The number of hydrogen-bond acceptors (Lipinski definition) is 4. The van der Waals surface area contributed by atoms with Gasteiger partial charge in [0.1, 0.15) is 0 Å². The molecule has 2 aromatic heterocycles. The maximum absolute atomic E-state index is 2.49. The molecule has 4 heteroatoms. The third-order valence-electron chi connectivity index (χ3n) is 11.4. The van der Waals surface area contributed by atoms with Crippen molar-refractivity contribution < 1.29 is 0 Å². The van der Waals surface area contributed by atoms with Gasteiger partial charge in [0.2, 0.25) is 0 Å². The van der Waals surface area contributed by atoms with Crippen molar-refractivity contribution in [3.63, 3.8) is 0 Å². The van der Waals surface area contributed by atoms with Crippen LogP contribution in [0, 0.1) is 0 Å². The molecule has 0 saturated heterocycles. The quantitative estimate of drug-likeness (QED) is 0.173. The maximum Gasteiger partial charge on any atom is 0.0502 e. The molecule has 0 fully saturated rings. The van der Waals surface area contributed by atoms with Crippen molar-refractivity contribution in [1.29, 1.82) is 0 Å². The normalized spacial score (nSPS) is 13.4. The number of fused-ring (bicyclic) bond motifs is 8. The van der Waals surface area contributed by atoms with E-state index < -0.39 is 0 Å². The van der Waals surface area contributed by atoms with Crippen molar-refractivity contribution in [2.75, 3.05) is 9.80 Å². The van der Waals surface area contributed by atoms with E-state index in [9.17, 15) is 0 Å². The van der Waals surface area contributed by atoms with Crippen molar-refractivity contribution in [2.45, 2.75) is 19.3 Å². The lowest BCUT2D eigenvalue weighted by Gasteiger charge is -2.42. The highest BCUT2D eigenvalue weighted by Gasteiger charge is 2.36. The van der Waals surface area contributed by atoms with Crippen LogP contribution in [-0.4, -0.2) is 0 Å². The van der Waals surface area contributed by atoms with Gasteiger partial charge in [-0.2, -0.15) is 0 Å². The summed E-state index contributed by atoms with van der Waals surface area (Å²) in [5.41, 5.74) is 12.1. The predicted octanol–water partition coefficient (Wildman–Crippen LogP) is 15.7. The smallest absolute Gasteiger partial charge is 0.0502 e. The van der Waals surface area contributed by atoms with Crippen LogP contribution in [0.4, 0.5) is 34.1 Å². The molecule has 11 rings (SSSR count). The minimum atomic E-state index is -0.118. The molecule has 262 valence electrons. The zero-order chi connectivity index (χ0) is 36.7. The Hall–Kier alpha value is -6.20. The number of benzene rings is 8. The second kappa shape index (κ2) is 12.4. The fourth-order valence-corrected chi connectivity index (χ4v) is 11.1. The molecule has 0 N–H and O–H groups in total. The minimum absolute atomic E-state index is 0.118. The van der Waals surface area contributed by atoms with Crippen molar-refractivity contribution in [2.24, 2.45) is 0 Å². The molecule has 1 aliphatic heterocycles. The summed E-state index contributed by atoms with van der Waals surface area (Å²) >= 11 is 3.75. The van der Waals surface area contributed by atoms with Crippen molar-refractivity contribution in [3.05, 3.63) is 193 Å². The van der Waals surface area contributed by atoms with E-state index in [0.717, 1.165) is 17.1 Å². The van der Waals surface area contributed by atoms with E-state index in [4.69, 9.17) is 0 Å². The van der Waals surface area contributed by atoms with Crippen molar-refractivity contribution in [3.8, 4) is 11.1 Å². The zero-order valence-electron chi connectivity index (χ0n) is 30.5. The molecule has 0 aliphatic carbocycles. The molecule has 8 aromatic carbocycles. The lowest BCUT2D eigenvalue weighted by molar-refractivity contribution is 0.632. The zero-order valence-corrected chi connectivity index (χ0v) is 32.2. The van der Waals surface area contributed by atoms with Crippen LogP contribution in [0.15, 0.2) is 182 Å². The number of anilines is 6.